The van der Waals surface area contributed by atoms with Crippen LogP contribution in [0.25, 0.3) is 0 Å². The smallest absolute Gasteiger partial charge is 0.290 e. The number of aromatic nitrogens is 1. The quantitative estimate of drug-likeness (QED) is 0.769. The highest BCUT2D eigenvalue weighted by Gasteiger charge is 2.27. The second kappa shape index (κ2) is 9.57. The summed E-state index contributed by atoms with van der Waals surface area (Å²) in [5.74, 6) is 1.09. The average Bonchev–Trinajstić information content (AvgIpc) is 3.26. The van der Waals surface area contributed by atoms with Crippen LogP contribution in [0, 0.1) is 0 Å². The van der Waals surface area contributed by atoms with E-state index in [1.54, 1.807) is 0 Å². The van der Waals surface area contributed by atoms with Crippen LogP contribution < -0.4 is 5.32 Å². The van der Waals surface area contributed by atoms with Gasteiger partial charge in [-0.15, -0.1) is 0 Å². The van der Waals surface area contributed by atoms with Gasteiger partial charge in [-0.05, 0) is 43.7 Å². The first-order chi connectivity index (χ1) is 14.2. The summed E-state index contributed by atoms with van der Waals surface area (Å²) in [5, 5.41) is 7.38. The lowest BCUT2D eigenvalue weighted by molar-refractivity contribution is 0.0890. The van der Waals surface area contributed by atoms with Crippen LogP contribution in [-0.4, -0.2) is 41.6 Å². The van der Waals surface area contributed by atoms with Crippen molar-refractivity contribution in [2.45, 2.75) is 69.7 Å². The number of carbonyl (C=O) groups is 1. The number of likely N-dealkylation sites (tertiary alicyclic amines) is 1. The second-order valence-electron chi connectivity index (χ2n) is 8.83. The Hall–Kier alpha value is -2.14. The Morgan fingerprint density at radius 2 is 1.97 bits per heavy atom. The van der Waals surface area contributed by atoms with Crippen LogP contribution >= 0.6 is 0 Å². The van der Waals surface area contributed by atoms with Crippen molar-refractivity contribution in [2.75, 3.05) is 19.6 Å². The Kier molecular flexibility index (Phi) is 6.65. The maximum atomic E-state index is 12.5. The molecule has 2 atom stereocenters. The monoisotopic (exact) mass is 395 g/mol. The summed E-state index contributed by atoms with van der Waals surface area (Å²) in [5.41, 5.74) is 2.31. The lowest BCUT2D eigenvalue weighted by Gasteiger charge is -2.33. The van der Waals surface area contributed by atoms with Gasteiger partial charge >= 0.3 is 0 Å². The molecule has 29 heavy (non-hydrogen) atoms. The van der Waals surface area contributed by atoms with Crippen LogP contribution in [-0.2, 0) is 0 Å². The molecule has 5 heteroatoms. The van der Waals surface area contributed by atoms with E-state index < -0.39 is 0 Å². The molecule has 2 heterocycles. The van der Waals surface area contributed by atoms with Gasteiger partial charge in [-0.2, -0.15) is 0 Å². The Bertz CT molecular complexity index is 782. The number of benzene rings is 1. The predicted octanol–water partition coefficient (Wildman–Crippen LogP) is 4.72. The Labute approximate surface area is 173 Å². The number of hydrogen-bond donors (Lipinski definition) is 1. The van der Waals surface area contributed by atoms with Gasteiger partial charge in [0.15, 0.2) is 0 Å². The van der Waals surface area contributed by atoms with Crippen LogP contribution in [0.1, 0.15) is 85.5 Å². The summed E-state index contributed by atoms with van der Waals surface area (Å²) in [6.45, 7) is 5.45. The average molecular weight is 396 g/mol. The normalized spacial score (nSPS) is 22.3. The summed E-state index contributed by atoms with van der Waals surface area (Å²) in [6.07, 6.45) is 8.08. The number of amides is 1. The zero-order valence-electron chi connectivity index (χ0n) is 17.5. The number of hydrogen-bond acceptors (Lipinski definition) is 4. The highest BCUT2D eigenvalue weighted by Crippen LogP contribution is 2.28. The lowest BCUT2D eigenvalue weighted by Crippen LogP contribution is -2.37. The number of carbonyl (C=O) groups excluding carboxylic acids is 1. The van der Waals surface area contributed by atoms with Crippen molar-refractivity contribution in [2.24, 2.45) is 0 Å². The van der Waals surface area contributed by atoms with Gasteiger partial charge in [-0.25, -0.2) is 0 Å². The van der Waals surface area contributed by atoms with E-state index in [-0.39, 0.29) is 11.9 Å². The maximum Gasteiger partial charge on any atom is 0.290 e. The third kappa shape index (κ3) is 5.27. The fourth-order valence-electron chi connectivity index (χ4n) is 4.83. The van der Waals surface area contributed by atoms with Gasteiger partial charge in [-0.3, -0.25) is 4.79 Å². The van der Waals surface area contributed by atoms with Gasteiger partial charge in [0.05, 0.1) is 5.69 Å². The highest BCUT2D eigenvalue weighted by molar-refractivity contribution is 5.91. The first-order valence-electron chi connectivity index (χ1n) is 11.2. The molecule has 5 nitrogen and oxygen atoms in total. The summed E-state index contributed by atoms with van der Waals surface area (Å²) >= 11 is 0. The standard InChI is InChI=1S/C24H33N3O2/c1-18(19-9-4-2-5-10-19)16-27-14-8-11-20(17-27)22-15-23(29-26-22)24(28)25-21-12-6-3-7-13-21/h2,4-5,9-10,15,18,20-21H,3,6-8,11-14,16-17H2,1H3,(H,25,28)/t18-,20+/m0/s1. The van der Waals surface area contributed by atoms with Crippen LogP contribution in [0.5, 0.6) is 0 Å². The molecule has 1 saturated carbocycles. The second-order valence-corrected chi connectivity index (χ2v) is 8.83. The van der Waals surface area contributed by atoms with Crippen molar-refractivity contribution in [1.29, 1.82) is 0 Å². The van der Waals surface area contributed by atoms with Gasteiger partial charge < -0.3 is 14.7 Å². The third-order valence-corrected chi connectivity index (χ3v) is 6.52. The number of rotatable bonds is 6. The minimum Gasteiger partial charge on any atom is -0.351 e. The van der Waals surface area contributed by atoms with Gasteiger partial charge in [0.25, 0.3) is 5.91 Å². The minimum absolute atomic E-state index is 0.110. The molecule has 2 aromatic rings. The zero-order chi connectivity index (χ0) is 20.1. The van der Waals surface area contributed by atoms with E-state index in [0.717, 1.165) is 51.0 Å². The van der Waals surface area contributed by atoms with E-state index >= 15 is 0 Å². The third-order valence-electron chi connectivity index (χ3n) is 6.52. The van der Waals surface area contributed by atoms with E-state index in [1.165, 1.54) is 24.8 Å². The predicted molar refractivity (Wildman–Crippen MR) is 114 cm³/mol. The van der Waals surface area contributed by atoms with E-state index in [9.17, 15) is 4.79 Å². The van der Waals surface area contributed by atoms with Crippen molar-refractivity contribution in [1.82, 2.24) is 15.4 Å². The summed E-state index contributed by atoms with van der Waals surface area (Å²) in [4.78, 5) is 15.1. The molecule has 1 aromatic heterocycles. The van der Waals surface area contributed by atoms with E-state index in [1.807, 2.05) is 6.07 Å². The molecular weight excluding hydrogens is 362 g/mol. The zero-order valence-corrected chi connectivity index (χ0v) is 17.5. The van der Waals surface area contributed by atoms with Crippen LogP contribution in [0.15, 0.2) is 40.9 Å². The van der Waals surface area contributed by atoms with Gasteiger partial charge in [0, 0.05) is 31.1 Å². The molecule has 1 saturated heterocycles. The number of piperidine rings is 1. The molecule has 156 valence electrons. The van der Waals surface area contributed by atoms with E-state index in [0.29, 0.717) is 17.6 Å². The minimum atomic E-state index is -0.110. The molecule has 1 amide bonds. The largest absolute Gasteiger partial charge is 0.351 e. The fraction of sp³-hybridized carbons (Fsp3) is 0.583. The van der Waals surface area contributed by atoms with Crippen LogP contribution in [0.2, 0.25) is 0 Å². The molecule has 0 bridgehead atoms. The highest BCUT2D eigenvalue weighted by atomic mass is 16.5. The van der Waals surface area contributed by atoms with Crippen LogP contribution in [0.3, 0.4) is 0 Å². The Morgan fingerprint density at radius 1 is 1.17 bits per heavy atom. The molecule has 0 unspecified atom stereocenters. The van der Waals surface area contributed by atoms with Crippen molar-refractivity contribution in [3.8, 4) is 0 Å². The van der Waals surface area contributed by atoms with Crippen molar-refractivity contribution in [3.05, 3.63) is 53.4 Å². The molecule has 0 radical (unpaired) electrons. The number of nitrogens with one attached hydrogen (secondary N) is 1. The maximum absolute atomic E-state index is 12.5. The van der Waals surface area contributed by atoms with Gasteiger partial charge in [0.1, 0.15) is 0 Å². The topological polar surface area (TPSA) is 58.4 Å². The SMILES string of the molecule is C[C@@H](CN1CCC[C@@H](c2cc(C(=O)NC3CCCCC3)on2)C1)c1ccccc1. The van der Waals surface area contributed by atoms with Crippen LogP contribution in [0.4, 0.5) is 0 Å². The van der Waals surface area contributed by atoms with Crippen molar-refractivity contribution in [3.63, 3.8) is 0 Å². The molecule has 2 fully saturated rings. The van der Waals surface area contributed by atoms with E-state index in [2.05, 4.69) is 52.6 Å². The van der Waals surface area contributed by atoms with Crippen molar-refractivity contribution < 1.29 is 9.32 Å². The van der Waals surface area contributed by atoms with Crippen molar-refractivity contribution >= 4 is 5.91 Å². The molecule has 1 aliphatic carbocycles. The molecule has 1 N–H and O–H groups in total. The van der Waals surface area contributed by atoms with Gasteiger partial charge in [0.2, 0.25) is 5.76 Å². The lowest BCUT2D eigenvalue weighted by atomic mass is 9.92. The summed E-state index contributed by atoms with van der Waals surface area (Å²) in [6, 6.07) is 12.9. The molecule has 2 aliphatic rings. The first-order valence-corrected chi connectivity index (χ1v) is 11.2. The molecular formula is C24H33N3O2. The summed E-state index contributed by atoms with van der Waals surface area (Å²) < 4.78 is 5.43. The molecule has 1 aliphatic heterocycles. The summed E-state index contributed by atoms with van der Waals surface area (Å²) in [7, 11) is 0. The Balaban J connectivity index is 1.33. The van der Waals surface area contributed by atoms with Gasteiger partial charge in [-0.1, -0.05) is 61.7 Å². The van der Waals surface area contributed by atoms with E-state index in [4.69, 9.17) is 4.52 Å². The molecule has 4 rings (SSSR count). The molecule has 0 spiro atoms. The molecule has 1 aromatic carbocycles. The first kappa shape index (κ1) is 20.1. The Morgan fingerprint density at radius 3 is 2.76 bits per heavy atom. The fourth-order valence-corrected chi connectivity index (χ4v) is 4.83. The number of nitrogens with zero attached hydrogens (tertiary/aromatic N) is 2.